The molecule has 1 saturated carbocycles. The Hall–Kier alpha value is -6.24. The highest BCUT2D eigenvalue weighted by molar-refractivity contribution is 7.15. The van der Waals surface area contributed by atoms with Crippen LogP contribution in [0.3, 0.4) is 0 Å². The Labute approximate surface area is 367 Å². The summed E-state index contributed by atoms with van der Waals surface area (Å²) < 4.78 is 7.83. The fourth-order valence-electron chi connectivity index (χ4n) is 10.8. The zero-order valence-electron chi connectivity index (χ0n) is 35.5. The third-order valence-electron chi connectivity index (χ3n) is 14.3. The van der Waals surface area contributed by atoms with Crippen molar-refractivity contribution in [1.29, 1.82) is 0 Å². The number of aromatic nitrogens is 4. The molecule has 4 aliphatic rings. The lowest BCUT2D eigenvalue weighted by Gasteiger charge is -2.51. The summed E-state index contributed by atoms with van der Waals surface area (Å²) in [6, 6.07) is 34.7. The van der Waals surface area contributed by atoms with Crippen LogP contribution in [0.15, 0.2) is 119 Å². The molecule has 0 amide bonds. The lowest BCUT2D eigenvalue weighted by Crippen LogP contribution is -2.46. The fourth-order valence-corrected chi connectivity index (χ4v) is 12.1. The second-order valence-corrected chi connectivity index (χ2v) is 19.2. The predicted molar refractivity (Wildman–Crippen MR) is 246 cm³/mol. The molecule has 3 aromatic heterocycles. The number of nitrogens with zero attached hydrogens (tertiary/aromatic N) is 6. The van der Waals surface area contributed by atoms with Gasteiger partial charge in [-0.15, -0.1) is 21.5 Å². The molecule has 0 radical (unpaired) electrons. The van der Waals surface area contributed by atoms with Gasteiger partial charge < -0.3 is 14.4 Å². The lowest BCUT2D eigenvalue weighted by atomic mass is 9.58. The number of benzene rings is 4. The van der Waals surface area contributed by atoms with Crippen molar-refractivity contribution in [3.63, 3.8) is 0 Å². The molecule has 2 aliphatic carbocycles. The van der Waals surface area contributed by atoms with Crippen LogP contribution >= 0.6 is 11.3 Å². The number of oxazole rings is 1. The van der Waals surface area contributed by atoms with Gasteiger partial charge in [0.2, 0.25) is 0 Å². The first-order chi connectivity index (χ1) is 30.3. The third-order valence-corrected chi connectivity index (χ3v) is 15.5. The average molecular weight is 835 g/mol. The molecule has 9 heteroatoms. The monoisotopic (exact) mass is 834 g/mol. The van der Waals surface area contributed by atoms with Crippen LogP contribution < -0.4 is 4.90 Å². The van der Waals surface area contributed by atoms with E-state index in [1.807, 2.05) is 19.1 Å². The van der Waals surface area contributed by atoms with Crippen LogP contribution in [0.1, 0.15) is 117 Å². The fraction of sp³-hybridized carbons (Fsp3) is 0.321. The molecule has 62 heavy (non-hydrogen) atoms. The number of rotatable bonds is 6. The van der Waals surface area contributed by atoms with Crippen LogP contribution in [0, 0.1) is 43.9 Å². The summed E-state index contributed by atoms with van der Waals surface area (Å²) in [7, 11) is 0. The van der Waals surface area contributed by atoms with Gasteiger partial charge in [-0.25, -0.2) is 4.98 Å². The van der Waals surface area contributed by atoms with E-state index in [2.05, 4.69) is 135 Å². The Kier molecular flexibility index (Phi) is 9.72. The van der Waals surface area contributed by atoms with Gasteiger partial charge in [0.15, 0.2) is 11.7 Å². The first-order valence-corrected chi connectivity index (χ1v) is 22.9. The van der Waals surface area contributed by atoms with E-state index < -0.39 is 0 Å². The number of phenolic OH excluding ortho intramolecular Hbond substituents is 1. The molecule has 2 aliphatic heterocycles. The van der Waals surface area contributed by atoms with Gasteiger partial charge in [-0.1, -0.05) is 72.5 Å². The van der Waals surface area contributed by atoms with E-state index in [4.69, 9.17) is 9.41 Å². The Balaban J connectivity index is 0.754. The Morgan fingerprint density at radius 3 is 2.44 bits per heavy atom. The number of aryl methyl sites for hydroxylation is 3. The minimum absolute atomic E-state index is 0.267. The first-order valence-electron chi connectivity index (χ1n) is 22.1. The van der Waals surface area contributed by atoms with Gasteiger partial charge in [-0.3, -0.25) is 9.56 Å². The number of aliphatic imine (C=N–C) groups is 1. The quantitative estimate of drug-likeness (QED) is 0.168. The van der Waals surface area contributed by atoms with E-state index in [9.17, 15) is 5.11 Å². The number of piperidine rings is 1. The number of hydrogen-bond acceptors (Lipinski definition) is 8. The van der Waals surface area contributed by atoms with Crippen molar-refractivity contribution in [3.05, 3.63) is 176 Å². The molecule has 2 fully saturated rings. The summed E-state index contributed by atoms with van der Waals surface area (Å²) >= 11 is 1.77. The van der Waals surface area contributed by atoms with Gasteiger partial charge >= 0.3 is 0 Å². The van der Waals surface area contributed by atoms with Crippen molar-refractivity contribution in [2.45, 2.75) is 83.6 Å². The van der Waals surface area contributed by atoms with Crippen LogP contribution in [-0.4, -0.2) is 43.7 Å². The van der Waals surface area contributed by atoms with E-state index in [0.29, 0.717) is 35.3 Å². The molecule has 1 spiro atoms. The van der Waals surface area contributed by atoms with E-state index in [0.717, 1.165) is 65.0 Å². The highest BCUT2D eigenvalue weighted by atomic mass is 32.1. The SMILES string of the molecule is Cc1sc2c(c1C)C(c1ccc(C#CC3CC4(CCN(c5ccc([C@H]6c7ccc(O)cc7CC[C@H]6c6ccccc6)cc5)CC4)C3)cc1)=N[C@H](Cc1ncco1)c1nnc(C)n1-2. The van der Waals surface area contributed by atoms with E-state index in [-0.39, 0.29) is 12.0 Å². The summed E-state index contributed by atoms with van der Waals surface area (Å²) in [5, 5.41) is 20.5. The Morgan fingerprint density at radius 2 is 1.68 bits per heavy atom. The Morgan fingerprint density at radius 1 is 0.887 bits per heavy atom. The number of anilines is 1. The summed E-state index contributed by atoms with van der Waals surface area (Å²) in [4.78, 5) is 13.6. The maximum atomic E-state index is 10.3. The second-order valence-electron chi connectivity index (χ2n) is 18.0. The molecule has 8 nitrogen and oxygen atoms in total. The summed E-state index contributed by atoms with van der Waals surface area (Å²) in [6.07, 6.45) is 10.7. The highest BCUT2D eigenvalue weighted by Gasteiger charge is 2.45. The standard InChI is InChI=1S/C53H50N6O2S/c1-33-34(2)62-52-48(33)50(55-46(30-47-54-25-28-61-47)51-57-56-35(3)59(51)52)40-13-11-36(12-14-40)9-10-37-31-53(32-37)23-26-58(27-24-53)42-18-15-39(16-19-42)49-44(38-7-5-4-6-8-38)21-17-41-29-43(60)20-22-45(41)49/h4-8,11-16,18-20,22,25,28-29,37,44,46,49,60H,17,21,23-24,26-27,30-32H2,1-3H3/t44-,46+,49+/m0/s1. The molecule has 1 saturated heterocycles. The molecule has 1 N–H and O–H groups in total. The molecule has 310 valence electrons. The molecule has 7 aromatic rings. The molecule has 0 bridgehead atoms. The van der Waals surface area contributed by atoms with Crippen molar-refractivity contribution in [3.8, 4) is 22.6 Å². The zero-order valence-corrected chi connectivity index (χ0v) is 36.3. The number of phenols is 1. The number of hydrogen-bond donors (Lipinski definition) is 1. The van der Waals surface area contributed by atoms with Gasteiger partial charge in [0.1, 0.15) is 28.9 Å². The molecule has 5 heterocycles. The van der Waals surface area contributed by atoms with Crippen LogP contribution in [0.2, 0.25) is 0 Å². The molecular weight excluding hydrogens is 785 g/mol. The van der Waals surface area contributed by atoms with E-state index in [1.165, 1.54) is 64.1 Å². The summed E-state index contributed by atoms with van der Waals surface area (Å²) in [5.41, 5.74) is 12.5. The normalized spacial score (nSPS) is 20.3. The first kappa shape index (κ1) is 38.7. The third kappa shape index (κ3) is 6.95. The topological polar surface area (TPSA) is 92.6 Å². The number of fused-ring (bicyclic) bond motifs is 4. The molecule has 4 aromatic carbocycles. The van der Waals surface area contributed by atoms with E-state index in [1.54, 1.807) is 23.8 Å². The lowest BCUT2D eigenvalue weighted by molar-refractivity contribution is 0.0576. The van der Waals surface area contributed by atoms with Gasteiger partial charge in [-0.05, 0) is 135 Å². The van der Waals surface area contributed by atoms with Crippen molar-refractivity contribution < 1.29 is 9.52 Å². The summed E-state index contributed by atoms with van der Waals surface area (Å²) in [5.74, 6) is 11.0. The van der Waals surface area contributed by atoms with Crippen LogP contribution in [-0.2, 0) is 12.8 Å². The second kappa shape index (κ2) is 15.6. The maximum Gasteiger partial charge on any atom is 0.196 e. The van der Waals surface area contributed by atoms with Crippen LogP contribution in [0.4, 0.5) is 5.69 Å². The molecular formula is C53H50N6O2S. The molecule has 3 atom stereocenters. The zero-order chi connectivity index (χ0) is 42.0. The minimum atomic E-state index is -0.294. The van der Waals surface area contributed by atoms with Gasteiger partial charge in [0.25, 0.3) is 0 Å². The summed E-state index contributed by atoms with van der Waals surface area (Å²) in [6.45, 7) is 8.54. The minimum Gasteiger partial charge on any atom is -0.508 e. The van der Waals surface area contributed by atoms with Crippen molar-refractivity contribution >= 4 is 22.7 Å². The van der Waals surface area contributed by atoms with Crippen molar-refractivity contribution in [2.24, 2.45) is 16.3 Å². The van der Waals surface area contributed by atoms with Crippen LogP contribution in [0.5, 0.6) is 5.75 Å². The van der Waals surface area contributed by atoms with Crippen LogP contribution in [0.25, 0.3) is 5.00 Å². The maximum absolute atomic E-state index is 10.3. The van der Waals surface area contributed by atoms with Gasteiger partial charge in [0.05, 0.1) is 18.3 Å². The smallest absolute Gasteiger partial charge is 0.196 e. The van der Waals surface area contributed by atoms with Crippen molar-refractivity contribution in [1.82, 2.24) is 19.7 Å². The Bertz CT molecular complexity index is 2850. The molecule has 0 unspecified atom stereocenters. The predicted octanol–water partition coefficient (Wildman–Crippen LogP) is 11.0. The van der Waals surface area contributed by atoms with Crippen molar-refractivity contribution in [2.75, 3.05) is 18.0 Å². The van der Waals surface area contributed by atoms with Gasteiger partial charge in [-0.2, -0.15) is 0 Å². The number of thiophene rings is 1. The highest BCUT2D eigenvalue weighted by Crippen LogP contribution is 2.53. The van der Waals surface area contributed by atoms with Gasteiger partial charge in [0, 0.05) is 52.2 Å². The molecule has 11 rings (SSSR count). The van der Waals surface area contributed by atoms with E-state index >= 15 is 0 Å². The average Bonchev–Trinajstić information content (AvgIpc) is 4.00. The number of aromatic hydroxyl groups is 1. The largest absolute Gasteiger partial charge is 0.508 e.